The standard InChI is InChI=1S/C17H19BrN2S/c18-13-7-5-6-11-12(13)10-14-15(11)20-16(21-14)17(19)8-3-1-2-4-9-17/h5-7H,1-4,8-10,19H2. The smallest absolute Gasteiger partial charge is 0.113 e. The minimum absolute atomic E-state index is 0.183. The Labute approximate surface area is 137 Å². The van der Waals surface area contributed by atoms with Crippen LogP contribution in [0.15, 0.2) is 22.7 Å². The summed E-state index contributed by atoms with van der Waals surface area (Å²) in [6, 6.07) is 6.40. The first-order valence-electron chi connectivity index (χ1n) is 7.74. The van der Waals surface area contributed by atoms with Crippen LogP contribution in [-0.2, 0) is 12.0 Å². The molecule has 1 heterocycles. The van der Waals surface area contributed by atoms with Gasteiger partial charge in [0, 0.05) is 21.3 Å². The number of aromatic nitrogens is 1. The van der Waals surface area contributed by atoms with E-state index in [9.17, 15) is 0 Å². The molecule has 4 rings (SSSR count). The molecule has 0 radical (unpaired) electrons. The molecule has 4 heteroatoms. The van der Waals surface area contributed by atoms with Crippen molar-refractivity contribution in [1.29, 1.82) is 0 Å². The molecule has 1 saturated carbocycles. The summed E-state index contributed by atoms with van der Waals surface area (Å²) in [5.74, 6) is 0. The Bertz CT molecular complexity index is 684. The van der Waals surface area contributed by atoms with Gasteiger partial charge >= 0.3 is 0 Å². The SMILES string of the molecule is NC1(c2nc3c(s2)Cc2c(Br)cccc2-3)CCCCCC1. The van der Waals surface area contributed by atoms with E-state index in [2.05, 4.69) is 34.1 Å². The molecule has 0 spiro atoms. The fraction of sp³-hybridized carbons (Fsp3) is 0.471. The lowest BCUT2D eigenvalue weighted by molar-refractivity contribution is 0.384. The molecule has 1 aromatic carbocycles. The predicted octanol–water partition coefficient (Wildman–Crippen LogP) is 4.99. The molecule has 0 amide bonds. The lowest BCUT2D eigenvalue weighted by Gasteiger charge is -2.25. The Morgan fingerprint density at radius 1 is 1.14 bits per heavy atom. The van der Waals surface area contributed by atoms with Crippen molar-refractivity contribution in [2.75, 3.05) is 0 Å². The van der Waals surface area contributed by atoms with Crippen molar-refractivity contribution in [1.82, 2.24) is 4.98 Å². The number of fused-ring (bicyclic) bond motifs is 3. The number of nitrogens with two attached hydrogens (primary N) is 1. The van der Waals surface area contributed by atoms with Crippen LogP contribution in [0.2, 0.25) is 0 Å². The van der Waals surface area contributed by atoms with Crippen molar-refractivity contribution < 1.29 is 0 Å². The van der Waals surface area contributed by atoms with E-state index in [1.54, 1.807) is 0 Å². The van der Waals surface area contributed by atoms with Gasteiger partial charge in [0.2, 0.25) is 0 Å². The maximum atomic E-state index is 6.73. The van der Waals surface area contributed by atoms with Gasteiger partial charge in [-0.2, -0.15) is 0 Å². The zero-order valence-corrected chi connectivity index (χ0v) is 14.4. The second kappa shape index (κ2) is 5.18. The molecule has 2 aliphatic rings. The third kappa shape index (κ3) is 2.28. The molecule has 2 nitrogen and oxygen atoms in total. The zero-order chi connectivity index (χ0) is 14.4. The number of hydrogen-bond donors (Lipinski definition) is 1. The zero-order valence-electron chi connectivity index (χ0n) is 12.0. The number of nitrogens with zero attached hydrogens (tertiary/aromatic N) is 1. The van der Waals surface area contributed by atoms with Crippen molar-refractivity contribution in [3.63, 3.8) is 0 Å². The third-order valence-corrected chi connectivity index (χ3v) is 6.85. The quantitative estimate of drug-likeness (QED) is 0.619. The van der Waals surface area contributed by atoms with Crippen molar-refractivity contribution in [2.24, 2.45) is 5.73 Å². The lowest BCUT2D eigenvalue weighted by Crippen LogP contribution is -2.35. The van der Waals surface area contributed by atoms with Gasteiger partial charge in [0.25, 0.3) is 0 Å². The van der Waals surface area contributed by atoms with E-state index in [1.807, 2.05) is 11.3 Å². The van der Waals surface area contributed by atoms with Crippen molar-refractivity contribution >= 4 is 27.3 Å². The molecule has 2 aromatic rings. The maximum absolute atomic E-state index is 6.73. The highest BCUT2D eigenvalue weighted by Crippen LogP contribution is 2.45. The Morgan fingerprint density at radius 2 is 1.90 bits per heavy atom. The van der Waals surface area contributed by atoms with E-state index in [0.717, 1.165) is 19.3 Å². The normalized spacial score (nSPS) is 19.9. The number of hydrogen-bond acceptors (Lipinski definition) is 3. The van der Waals surface area contributed by atoms with E-state index in [0.29, 0.717) is 0 Å². The first kappa shape index (κ1) is 13.9. The van der Waals surface area contributed by atoms with Gasteiger partial charge in [-0.1, -0.05) is 53.7 Å². The summed E-state index contributed by atoms with van der Waals surface area (Å²) in [5.41, 5.74) is 10.4. The summed E-state index contributed by atoms with van der Waals surface area (Å²) >= 11 is 5.50. The summed E-state index contributed by atoms with van der Waals surface area (Å²) in [7, 11) is 0. The molecule has 2 N–H and O–H groups in total. The van der Waals surface area contributed by atoms with Crippen molar-refractivity contribution in [3.05, 3.63) is 38.1 Å². The number of benzene rings is 1. The second-order valence-corrected chi connectivity index (χ2v) is 8.24. The van der Waals surface area contributed by atoms with Gasteiger partial charge in [-0.05, 0) is 24.5 Å². The first-order valence-corrected chi connectivity index (χ1v) is 9.35. The fourth-order valence-electron chi connectivity index (χ4n) is 3.59. The highest BCUT2D eigenvalue weighted by Gasteiger charge is 2.34. The summed E-state index contributed by atoms with van der Waals surface area (Å²) < 4.78 is 1.20. The Balaban J connectivity index is 1.75. The lowest BCUT2D eigenvalue weighted by atomic mass is 9.92. The fourth-order valence-corrected chi connectivity index (χ4v) is 5.34. The molecule has 1 fully saturated rings. The van der Waals surface area contributed by atoms with E-state index in [4.69, 9.17) is 10.7 Å². The number of halogens is 1. The van der Waals surface area contributed by atoms with Crippen LogP contribution in [0.1, 0.15) is 54.0 Å². The molecule has 0 bridgehead atoms. The van der Waals surface area contributed by atoms with Crippen LogP contribution in [0.4, 0.5) is 0 Å². The van der Waals surface area contributed by atoms with Crippen LogP contribution in [0.5, 0.6) is 0 Å². The van der Waals surface area contributed by atoms with Crippen LogP contribution in [0.25, 0.3) is 11.3 Å². The highest BCUT2D eigenvalue weighted by atomic mass is 79.9. The minimum atomic E-state index is -0.183. The number of thiazole rings is 1. The molecule has 1 aromatic heterocycles. The van der Waals surface area contributed by atoms with Gasteiger partial charge in [-0.3, -0.25) is 0 Å². The van der Waals surface area contributed by atoms with Crippen LogP contribution in [0.3, 0.4) is 0 Å². The van der Waals surface area contributed by atoms with Gasteiger partial charge in [-0.15, -0.1) is 11.3 Å². The molecule has 0 atom stereocenters. The van der Waals surface area contributed by atoms with Crippen molar-refractivity contribution in [2.45, 2.75) is 50.5 Å². The molecule has 0 aliphatic heterocycles. The van der Waals surface area contributed by atoms with E-state index >= 15 is 0 Å². The van der Waals surface area contributed by atoms with Crippen LogP contribution in [0, 0.1) is 0 Å². The summed E-state index contributed by atoms with van der Waals surface area (Å²) in [6.45, 7) is 0. The van der Waals surface area contributed by atoms with E-state index < -0.39 is 0 Å². The van der Waals surface area contributed by atoms with Crippen LogP contribution < -0.4 is 5.73 Å². The largest absolute Gasteiger partial charge is 0.319 e. The van der Waals surface area contributed by atoms with E-state index in [1.165, 1.54) is 56.9 Å². The molecule has 110 valence electrons. The highest BCUT2D eigenvalue weighted by molar-refractivity contribution is 9.10. The Morgan fingerprint density at radius 3 is 2.67 bits per heavy atom. The van der Waals surface area contributed by atoms with Gasteiger partial charge in [0.15, 0.2) is 0 Å². The summed E-state index contributed by atoms with van der Waals surface area (Å²) in [6.07, 6.45) is 8.29. The van der Waals surface area contributed by atoms with Crippen LogP contribution >= 0.6 is 27.3 Å². The van der Waals surface area contributed by atoms with Gasteiger partial charge in [-0.25, -0.2) is 4.98 Å². The van der Waals surface area contributed by atoms with Gasteiger partial charge in [0.05, 0.1) is 11.2 Å². The monoisotopic (exact) mass is 362 g/mol. The average Bonchev–Trinajstić information content (AvgIpc) is 2.95. The van der Waals surface area contributed by atoms with Gasteiger partial charge in [0.1, 0.15) is 5.01 Å². The molecule has 21 heavy (non-hydrogen) atoms. The summed E-state index contributed by atoms with van der Waals surface area (Å²) in [5, 5.41) is 1.17. The predicted molar refractivity (Wildman–Crippen MR) is 91.6 cm³/mol. The molecular weight excluding hydrogens is 344 g/mol. The molecular formula is C17H19BrN2S. The minimum Gasteiger partial charge on any atom is -0.319 e. The van der Waals surface area contributed by atoms with Crippen molar-refractivity contribution in [3.8, 4) is 11.3 Å². The Kier molecular flexibility index (Phi) is 3.43. The topological polar surface area (TPSA) is 38.9 Å². The summed E-state index contributed by atoms with van der Waals surface area (Å²) in [4.78, 5) is 6.37. The van der Waals surface area contributed by atoms with Gasteiger partial charge < -0.3 is 5.73 Å². The molecule has 0 unspecified atom stereocenters. The number of rotatable bonds is 1. The van der Waals surface area contributed by atoms with Crippen LogP contribution in [-0.4, -0.2) is 4.98 Å². The average molecular weight is 363 g/mol. The van der Waals surface area contributed by atoms with E-state index in [-0.39, 0.29) is 5.54 Å². The first-order chi connectivity index (χ1) is 10.2. The second-order valence-electron chi connectivity index (χ2n) is 6.30. The molecule has 2 aliphatic carbocycles. The Hall–Kier alpha value is -0.710. The maximum Gasteiger partial charge on any atom is 0.113 e. The third-order valence-electron chi connectivity index (χ3n) is 4.83. The molecule has 0 saturated heterocycles.